The molecular weight excluding hydrogens is 718 g/mol. The van der Waals surface area contributed by atoms with Gasteiger partial charge < -0.3 is 19.4 Å². The van der Waals surface area contributed by atoms with Crippen molar-refractivity contribution in [2.45, 2.75) is 68.7 Å². The Morgan fingerprint density at radius 1 is 0.800 bits per heavy atom. The molecule has 6 aliphatic heterocycles. The van der Waals surface area contributed by atoms with Crippen LogP contribution in [0.5, 0.6) is 5.75 Å². The van der Waals surface area contributed by atoms with E-state index >= 15 is 0 Å². The zero-order chi connectivity index (χ0) is 37.6. The largest absolute Gasteiger partial charge is 0.488 e. The lowest BCUT2D eigenvalue weighted by atomic mass is 9.76. The van der Waals surface area contributed by atoms with Crippen LogP contribution in [0.25, 0.3) is 0 Å². The van der Waals surface area contributed by atoms with E-state index in [1.165, 1.54) is 24.9 Å². The summed E-state index contributed by atoms with van der Waals surface area (Å²) < 4.78 is 6.35. The minimum atomic E-state index is -0.965. The molecule has 0 bridgehead atoms. The number of carbonyl (C=O) groups excluding carboxylic acids is 4. The van der Waals surface area contributed by atoms with Gasteiger partial charge in [0, 0.05) is 80.9 Å². The van der Waals surface area contributed by atoms with Crippen LogP contribution in [0.15, 0.2) is 60.7 Å². The number of likely N-dealkylation sites (tertiary alicyclic amines) is 1. The Hall–Kier alpha value is -5.12. The average molecular weight is 760 g/mol. The predicted octanol–water partition coefficient (Wildman–Crippen LogP) is 4.59. The predicted molar refractivity (Wildman–Crippen MR) is 206 cm³/mol. The molecule has 1 N–H and O–H groups in total. The third-order valence-corrected chi connectivity index (χ3v) is 13.7. The van der Waals surface area contributed by atoms with E-state index in [9.17, 15) is 24.4 Å². The third kappa shape index (κ3) is 5.82. The molecule has 1 unspecified atom stereocenters. The molecule has 13 heteroatoms. The summed E-state index contributed by atoms with van der Waals surface area (Å²) in [7, 11) is 0. The lowest BCUT2D eigenvalue weighted by molar-refractivity contribution is -0.136. The first-order valence-electron chi connectivity index (χ1n) is 19.4. The minimum Gasteiger partial charge on any atom is -0.488 e. The van der Waals surface area contributed by atoms with Crippen LogP contribution >= 0.6 is 11.6 Å². The van der Waals surface area contributed by atoms with Gasteiger partial charge in [0.05, 0.1) is 21.7 Å². The Balaban J connectivity index is 0.688. The SMILES string of the molecule is N#Cc1ccc(N2CC3(CCN(c4ccc(OC5CN(C6CN(c7ccc8c(c7)C(=O)N(C7CCC(=O)NC7=O)C8=O)C6)C5)cc4)CC3)CC23CC3)cc1Cl. The van der Waals surface area contributed by atoms with Gasteiger partial charge in [-0.1, -0.05) is 11.6 Å². The number of piperidine rings is 2. The monoisotopic (exact) mass is 759 g/mol. The average Bonchev–Trinajstić information content (AvgIpc) is 3.79. The molecule has 6 heterocycles. The Labute approximate surface area is 324 Å². The molecular formula is C42H42ClN7O5. The maximum atomic E-state index is 13.3. The second-order valence-corrected chi connectivity index (χ2v) is 17.1. The number of nitrogens with one attached hydrogen (secondary N) is 1. The number of halogens is 1. The lowest BCUT2D eigenvalue weighted by Gasteiger charge is -2.52. The minimum absolute atomic E-state index is 0.0973. The van der Waals surface area contributed by atoms with Gasteiger partial charge in [-0.3, -0.25) is 34.3 Å². The first-order valence-corrected chi connectivity index (χ1v) is 19.8. The summed E-state index contributed by atoms with van der Waals surface area (Å²) in [4.78, 5) is 61.0. The summed E-state index contributed by atoms with van der Waals surface area (Å²) in [6.07, 6.45) is 6.40. The highest BCUT2D eigenvalue weighted by molar-refractivity contribution is 6.32. The second kappa shape index (κ2) is 12.7. The molecule has 1 atom stereocenters. The summed E-state index contributed by atoms with van der Waals surface area (Å²) in [5, 5.41) is 12.1. The Morgan fingerprint density at radius 3 is 2.20 bits per heavy atom. The summed E-state index contributed by atoms with van der Waals surface area (Å²) in [6.45, 7) is 6.49. The topological polar surface area (TPSA) is 130 Å². The first-order chi connectivity index (χ1) is 26.6. The van der Waals surface area contributed by atoms with Gasteiger partial charge in [-0.15, -0.1) is 0 Å². The number of anilines is 3. The van der Waals surface area contributed by atoms with Crippen LogP contribution in [-0.2, 0) is 9.59 Å². The van der Waals surface area contributed by atoms with Crippen molar-refractivity contribution in [3.63, 3.8) is 0 Å². The van der Waals surface area contributed by atoms with E-state index < -0.39 is 23.8 Å². The van der Waals surface area contributed by atoms with Gasteiger partial charge in [0.1, 0.15) is 24.0 Å². The molecule has 3 aromatic carbocycles. The van der Waals surface area contributed by atoms with Crippen LogP contribution in [0.4, 0.5) is 17.1 Å². The van der Waals surface area contributed by atoms with Crippen LogP contribution in [0.2, 0.25) is 5.02 Å². The number of hydrogen-bond acceptors (Lipinski definition) is 10. The number of benzene rings is 3. The number of ether oxygens (including phenoxy) is 1. The zero-order valence-electron chi connectivity index (χ0n) is 30.5. The number of hydrogen-bond donors (Lipinski definition) is 1. The maximum absolute atomic E-state index is 13.3. The highest BCUT2D eigenvalue weighted by atomic mass is 35.5. The van der Waals surface area contributed by atoms with Gasteiger partial charge in [-0.25, -0.2) is 0 Å². The van der Waals surface area contributed by atoms with Gasteiger partial charge in [-0.05, 0) is 105 Å². The maximum Gasteiger partial charge on any atom is 0.262 e. The second-order valence-electron chi connectivity index (χ2n) is 16.7. The molecule has 1 saturated carbocycles. The summed E-state index contributed by atoms with van der Waals surface area (Å²) >= 11 is 6.43. The van der Waals surface area contributed by atoms with Gasteiger partial charge in [0.15, 0.2) is 0 Å². The first kappa shape index (κ1) is 34.4. The lowest BCUT2D eigenvalue weighted by Crippen LogP contribution is -2.67. The van der Waals surface area contributed by atoms with Gasteiger partial charge >= 0.3 is 0 Å². The Kier molecular flexibility index (Phi) is 7.95. The number of nitrogens with zero attached hydrogens (tertiary/aromatic N) is 6. The van der Waals surface area contributed by atoms with Crippen LogP contribution in [0.3, 0.4) is 0 Å². The fourth-order valence-corrected chi connectivity index (χ4v) is 10.2. The number of imide groups is 2. The molecule has 1 aliphatic carbocycles. The fraction of sp³-hybridized carbons (Fsp3) is 0.452. The van der Waals surface area contributed by atoms with E-state index in [1.54, 1.807) is 12.1 Å². The molecule has 12 nitrogen and oxygen atoms in total. The standard InChI is InChI=1S/C42H42ClN7O5/c43-35-18-29(2-1-26(35)19-44)49-25-41(24-42(49)11-12-42)13-15-46(16-14-41)27-3-6-31(7-4-27)55-32-22-48(23-32)30-20-47(21-30)28-5-8-33-34(17-28)40(54)50(39(33)53)36-9-10-37(51)45-38(36)52/h1-8,17-18,30,32,36H,9-16,20-25H2,(H,45,51,52). The van der Waals surface area contributed by atoms with Crippen LogP contribution in [0, 0.1) is 16.7 Å². The highest BCUT2D eigenvalue weighted by Gasteiger charge is 2.60. The number of amides is 4. The van der Waals surface area contributed by atoms with Crippen molar-refractivity contribution < 1.29 is 23.9 Å². The van der Waals surface area contributed by atoms with Gasteiger partial charge in [0.2, 0.25) is 11.8 Å². The molecule has 0 aromatic heterocycles. The van der Waals surface area contributed by atoms with E-state index in [1.807, 2.05) is 18.2 Å². The summed E-state index contributed by atoms with van der Waals surface area (Å²) in [5.41, 5.74) is 4.97. The molecule has 3 aromatic rings. The van der Waals surface area contributed by atoms with Crippen LogP contribution in [0.1, 0.15) is 71.2 Å². The molecule has 10 rings (SSSR count). The van der Waals surface area contributed by atoms with E-state index in [4.69, 9.17) is 16.3 Å². The van der Waals surface area contributed by atoms with E-state index in [2.05, 4.69) is 61.3 Å². The number of nitriles is 1. The number of carbonyl (C=O) groups is 4. The van der Waals surface area contributed by atoms with E-state index in [0.29, 0.717) is 33.2 Å². The normalized spacial score (nSPS) is 24.5. The fourth-order valence-electron chi connectivity index (χ4n) is 9.97. The summed E-state index contributed by atoms with van der Waals surface area (Å²) in [5.74, 6) is -1.07. The molecule has 5 saturated heterocycles. The van der Waals surface area contributed by atoms with Crippen molar-refractivity contribution >= 4 is 52.3 Å². The summed E-state index contributed by atoms with van der Waals surface area (Å²) in [6, 6.07) is 21.4. The molecule has 55 heavy (non-hydrogen) atoms. The van der Waals surface area contributed by atoms with Crippen molar-refractivity contribution in [3.8, 4) is 11.8 Å². The highest BCUT2D eigenvalue weighted by Crippen LogP contribution is 2.60. The van der Waals surface area contributed by atoms with Crippen LogP contribution < -0.4 is 24.8 Å². The van der Waals surface area contributed by atoms with Crippen LogP contribution in [-0.4, -0.2) is 103 Å². The number of rotatable bonds is 7. The molecule has 7 aliphatic rings. The van der Waals surface area contributed by atoms with Crippen molar-refractivity contribution in [2.75, 3.05) is 60.5 Å². The van der Waals surface area contributed by atoms with E-state index in [0.717, 1.165) is 80.7 Å². The molecule has 0 radical (unpaired) electrons. The number of fused-ring (bicyclic) bond motifs is 1. The van der Waals surface area contributed by atoms with Crippen molar-refractivity contribution in [1.82, 2.24) is 15.1 Å². The molecule has 6 fully saturated rings. The zero-order valence-corrected chi connectivity index (χ0v) is 31.3. The van der Waals surface area contributed by atoms with Crippen molar-refractivity contribution in [1.29, 1.82) is 5.26 Å². The van der Waals surface area contributed by atoms with Crippen molar-refractivity contribution in [2.24, 2.45) is 5.41 Å². The molecule has 2 spiro atoms. The molecule has 282 valence electrons. The van der Waals surface area contributed by atoms with Gasteiger partial charge in [0.25, 0.3) is 11.8 Å². The Morgan fingerprint density at radius 2 is 1.51 bits per heavy atom. The molecule has 4 amide bonds. The smallest absolute Gasteiger partial charge is 0.262 e. The Bertz CT molecular complexity index is 2160. The quantitative estimate of drug-likeness (QED) is 0.342. The van der Waals surface area contributed by atoms with Crippen molar-refractivity contribution in [3.05, 3.63) is 82.4 Å². The van der Waals surface area contributed by atoms with E-state index in [-0.39, 0.29) is 30.4 Å². The third-order valence-electron chi connectivity index (χ3n) is 13.4. The van der Waals surface area contributed by atoms with Gasteiger partial charge in [-0.2, -0.15) is 5.26 Å².